The molecule has 3 rings (SSSR count). The summed E-state index contributed by atoms with van der Waals surface area (Å²) >= 11 is 1.49. The van der Waals surface area contributed by atoms with Crippen molar-refractivity contribution in [3.63, 3.8) is 0 Å². The molecule has 0 spiro atoms. The third kappa shape index (κ3) is 9.52. The number of carbonyl (C=O) groups is 2. The minimum atomic E-state index is -1.11. The zero-order valence-electron chi connectivity index (χ0n) is 23.5. The van der Waals surface area contributed by atoms with Crippen LogP contribution in [0.3, 0.4) is 0 Å². The molecule has 8 heteroatoms. The summed E-state index contributed by atoms with van der Waals surface area (Å²) in [6.45, 7) is 2.23. The van der Waals surface area contributed by atoms with Crippen LogP contribution in [0.1, 0.15) is 97.9 Å². The summed E-state index contributed by atoms with van der Waals surface area (Å²) in [5.74, 6) is -1.94. The number of aromatic carboxylic acids is 1. The van der Waals surface area contributed by atoms with Gasteiger partial charge in [0.1, 0.15) is 5.56 Å². The molecule has 0 fully saturated rings. The van der Waals surface area contributed by atoms with Gasteiger partial charge in [-0.2, -0.15) is 0 Å². The number of rotatable bonds is 18. The lowest BCUT2D eigenvalue weighted by atomic mass is 9.99. The standard InChI is InChI=1S/C32H41NO6S/c1-3-4-5-6-7-8-9-11-22-14-16-23(17-15-22)30(28(34)12-10-13-29(35)36)40-25-19-18-24-20-26(32(37)38)31(39-2)33-27(24)21-25/h14-21,28,30,34H,3-13H2,1-2H3,(H,35,36)(H,37,38). The van der Waals surface area contributed by atoms with E-state index in [0.717, 1.165) is 16.9 Å². The van der Waals surface area contributed by atoms with Crippen LogP contribution in [0, 0.1) is 0 Å². The van der Waals surface area contributed by atoms with Crippen LogP contribution in [0.25, 0.3) is 10.9 Å². The molecule has 3 N–H and O–H groups in total. The second kappa shape index (κ2) is 16.2. The Bertz CT molecular complexity index is 1250. The predicted octanol–water partition coefficient (Wildman–Crippen LogP) is 7.68. The maximum atomic E-state index is 11.6. The highest BCUT2D eigenvalue weighted by Gasteiger charge is 2.23. The summed E-state index contributed by atoms with van der Waals surface area (Å²) in [6.07, 6.45) is 9.95. The summed E-state index contributed by atoms with van der Waals surface area (Å²) in [6, 6.07) is 15.5. The molecule has 2 aromatic carbocycles. The van der Waals surface area contributed by atoms with E-state index in [9.17, 15) is 19.8 Å². The molecule has 2 atom stereocenters. The van der Waals surface area contributed by atoms with Crippen LogP contribution >= 0.6 is 11.8 Å². The molecular weight excluding hydrogens is 526 g/mol. The van der Waals surface area contributed by atoms with Gasteiger partial charge in [0.2, 0.25) is 5.88 Å². The van der Waals surface area contributed by atoms with Crippen molar-refractivity contribution in [1.82, 2.24) is 4.98 Å². The number of carboxylic acids is 2. The number of hydrogen-bond donors (Lipinski definition) is 3. The van der Waals surface area contributed by atoms with E-state index in [1.54, 1.807) is 6.07 Å². The topological polar surface area (TPSA) is 117 Å². The number of pyridine rings is 1. The van der Waals surface area contributed by atoms with E-state index in [0.29, 0.717) is 23.7 Å². The predicted molar refractivity (Wildman–Crippen MR) is 159 cm³/mol. The average molecular weight is 568 g/mol. The fraction of sp³-hybridized carbons (Fsp3) is 0.469. The lowest BCUT2D eigenvalue weighted by Crippen LogP contribution is -2.16. The van der Waals surface area contributed by atoms with Crippen LogP contribution in [-0.4, -0.2) is 45.5 Å². The molecule has 0 saturated heterocycles. The fourth-order valence-corrected chi connectivity index (χ4v) is 6.01. The third-order valence-electron chi connectivity index (χ3n) is 7.06. The van der Waals surface area contributed by atoms with Crippen LogP contribution in [-0.2, 0) is 11.2 Å². The van der Waals surface area contributed by atoms with E-state index in [4.69, 9.17) is 9.84 Å². The van der Waals surface area contributed by atoms with Crippen LogP contribution in [0.4, 0.5) is 0 Å². The smallest absolute Gasteiger partial charge is 0.341 e. The molecule has 40 heavy (non-hydrogen) atoms. The van der Waals surface area contributed by atoms with Gasteiger partial charge >= 0.3 is 11.9 Å². The van der Waals surface area contributed by atoms with E-state index < -0.39 is 18.0 Å². The molecule has 0 aliphatic carbocycles. The number of carboxylic acid groups (broad SMARTS) is 2. The first-order chi connectivity index (χ1) is 19.3. The van der Waals surface area contributed by atoms with Crippen molar-refractivity contribution in [2.24, 2.45) is 0 Å². The molecule has 0 amide bonds. The molecule has 2 unspecified atom stereocenters. The molecule has 0 aliphatic rings. The Kier molecular flexibility index (Phi) is 12.8. The zero-order valence-corrected chi connectivity index (χ0v) is 24.3. The molecule has 7 nitrogen and oxygen atoms in total. The lowest BCUT2D eigenvalue weighted by Gasteiger charge is -2.23. The van der Waals surface area contributed by atoms with Crippen LogP contribution in [0.15, 0.2) is 53.4 Å². The molecular formula is C32H41NO6S. The maximum absolute atomic E-state index is 11.6. The van der Waals surface area contributed by atoms with E-state index in [-0.39, 0.29) is 23.1 Å². The van der Waals surface area contributed by atoms with E-state index in [2.05, 4.69) is 36.2 Å². The number of aliphatic hydroxyl groups is 1. The van der Waals surface area contributed by atoms with Crippen molar-refractivity contribution in [2.45, 2.75) is 93.8 Å². The second-order valence-corrected chi connectivity index (χ2v) is 11.4. The van der Waals surface area contributed by atoms with Crippen LogP contribution < -0.4 is 4.74 Å². The highest BCUT2D eigenvalue weighted by molar-refractivity contribution is 7.99. The molecule has 0 aliphatic heterocycles. The van der Waals surface area contributed by atoms with Gasteiger partial charge < -0.3 is 20.1 Å². The first-order valence-electron chi connectivity index (χ1n) is 14.2. The summed E-state index contributed by atoms with van der Waals surface area (Å²) in [5, 5.41) is 30.0. The number of nitrogens with zero attached hydrogens (tertiary/aromatic N) is 1. The highest BCUT2D eigenvalue weighted by atomic mass is 32.2. The Morgan fingerprint density at radius 1 is 0.925 bits per heavy atom. The number of methoxy groups -OCH3 is 1. The molecule has 216 valence electrons. The van der Waals surface area contributed by atoms with Gasteiger partial charge in [0.05, 0.1) is 24.0 Å². The zero-order chi connectivity index (χ0) is 28.9. The Morgan fingerprint density at radius 3 is 2.27 bits per heavy atom. The number of unbranched alkanes of at least 4 members (excludes halogenated alkanes) is 6. The van der Waals surface area contributed by atoms with Gasteiger partial charge in [-0.15, -0.1) is 11.8 Å². The number of aryl methyl sites for hydroxylation is 1. The fourth-order valence-electron chi connectivity index (χ4n) is 4.80. The van der Waals surface area contributed by atoms with E-state index >= 15 is 0 Å². The Morgan fingerprint density at radius 2 is 1.62 bits per heavy atom. The first-order valence-corrected chi connectivity index (χ1v) is 15.1. The minimum absolute atomic E-state index is 0.00119. The number of aliphatic carboxylic acids is 1. The normalized spacial score (nSPS) is 12.8. The van der Waals surface area contributed by atoms with Gasteiger partial charge in [-0.3, -0.25) is 4.79 Å². The first kappa shape index (κ1) is 31.4. The minimum Gasteiger partial charge on any atom is -0.481 e. The number of aliphatic hydroxyl groups excluding tert-OH is 1. The SMILES string of the molecule is CCCCCCCCCc1ccc(C(Sc2ccc3cc(C(=O)O)c(OC)nc3c2)C(O)CCCC(=O)O)cc1. The number of fused-ring (bicyclic) bond motifs is 1. The van der Waals surface area contributed by atoms with Crippen molar-refractivity contribution < 1.29 is 29.6 Å². The Hall–Kier alpha value is -3.10. The molecule has 0 saturated carbocycles. The molecule has 0 bridgehead atoms. The summed E-state index contributed by atoms with van der Waals surface area (Å²) in [4.78, 5) is 27.8. The van der Waals surface area contributed by atoms with Gasteiger partial charge in [-0.1, -0.05) is 75.8 Å². The van der Waals surface area contributed by atoms with Crippen LogP contribution in [0.5, 0.6) is 5.88 Å². The van der Waals surface area contributed by atoms with Crippen molar-refractivity contribution in [3.8, 4) is 5.88 Å². The largest absolute Gasteiger partial charge is 0.481 e. The summed E-state index contributed by atoms with van der Waals surface area (Å²) in [5.41, 5.74) is 2.84. The molecule has 1 aromatic heterocycles. The second-order valence-electron chi connectivity index (χ2n) is 10.2. The highest BCUT2D eigenvalue weighted by Crippen LogP contribution is 2.40. The van der Waals surface area contributed by atoms with E-state index in [1.807, 2.05) is 18.2 Å². The third-order valence-corrected chi connectivity index (χ3v) is 8.42. The van der Waals surface area contributed by atoms with Crippen molar-refractivity contribution >= 4 is 34.6 Å². The molecule has 1 heterocycles. The molecule has 0 radical (unpaired) electrons. The Balaban J connectivity index is 1.75. The van der Waals surface area contributed by atoms with Gasteiger partial charge in [0.25, 0.3) is 0 Å². The average Bonchev–Trinajstić information content (AvgIpc) is 2.94. The monoisotopic (exact) mass is 567 g/mol. The summed E-state index contributed by atoms with van der Waals surface area (Å²) < 4.78 is 5.19. The number of aromatic nitrogens is 1. The number of thioether (sulfide) groups is 1. The van der Waals surface area contributed by atoms with Gasteiger partial charge in [0, 0.05) is 16.7 Å². The number of ether oxygens (including phenoxy) is 1. The van der Waals surface area contributed by atoms with Gasteiger partial charge in [-0.05, 0) is 55.0 Å². The maximum Gasteiger partial charge on any atom is 0.341 e. The molecule has 3 aromatic rings. The van der Waals surface area contributed by atoms with Gasteiger partial charge in [0.15, 0.2) is 0 Å². The van der Waals surface area contributed by atoms with Crippen molar-refractivity contribution in [1.29, 1.82) is 0 Å². The summed E-state index contributed by atoms with van der Waals surface area (Å²) in [7, 11) is 1.39. The quantitative estimate of drug-likeness (QED) is 0.106. The lowest BCUT2D eigenvalue weighted by molar-refractivity contribution is -0.137. The van der Waals surface area contributed by atoms with E-state index in [1.165, 1.54) is 69.4 Å². The van der Waals surface area contributed by atoms with Gasteiger partial charge in [-0.25, -0.2) is 9.78 Å². The van der Waals surface area contributed by atoms with Crippen LogP contribution in [0.2, 0.25) is 0 Å². The number of benzene rings is 2. The van der Waals surface area contributed by atoms with Crippen molar-refractivity contribution in [2.75, 3.05) is 7.11 Å². The Labute approximate surface area is 241 Å². The van der Waals surface area contributed by atoms with Crippen molar-refractivity contribution in [3.05, 3.63) is 65.2 Å². The number of hydrogen-bond acceptors (Lipinski definition) is 6.